The zero-order valence-corrected chi connectivity index (χ0v) is 22.9. The van der Waals surface area contributed by atoms with Crippen molar-refractivity contribution < 1.29 is 27.6 Å². The van der Waals surface area contributed by atoms with Crippen LogP contribution in [0.3, 0.4) is 0 Å². The number of hydrogen-bond acceptors (Lipinski definition) is 6. The van der Waals surface area contributed by atoms with Crippen molar-refractivity contribution in [3.8, 4) is 17.6 Å². The summed E-state index contributed by atoms with van der Waals surface area (Å²) in [7, 11) is -5.79. The van der Waals surface area contributed by atoms with Crippen LogP contribution in [-0.4, -0.2) is 58.2 Å². The smallest absolute Gasteiger partial charge is 0.261 e. The standard InChI is InChI=1S/C24H38N2O6SSi/c1-7-8-17-31-20-13-15-22(16-14-20)33(29,30)25-18-23(27)26(28)19-9-11-21(12-10-19)32-34(5,6)24(2,3)4/h13-16,19,21,25,28H,9-12,17-18H2,1-6H3. The highest BCUT2D eigenvalue weighted by Gasteiger charge is 2.40. The maximum atomic E-state index is 12.5. The van der Waals surface area contributed by atoms with Gasteiger partial charge < -0.3 is 9.16 Å². The second-order valence-corrected chi connectivity index (χ2v) is 16.6. The van der Waals surface area contributed by atoms with E-state index in [1.54, 1.807) is 6.92 Å². The van der Waals surface area contributed by atoms with E-state index >= 15 is 0 Å². The molecule has 0 unspecified atom stereocenters. The third-order valence-electron chi connectivity index (χ3n) is 6.55. The van der Waals surface area contributed by atoms with E-state index in [-0.39, 0.29) is 28.7 Å². The number of carbonyl (C=O) groups excluding carboxylic acids is 1. The Balaban J connectivity index is 1.85. The Labute approximate surface area is 205 Å². The third-order valence-corrected chi connectivity index (χ3v) is 12.5. The lowest BCUT2D eigenvalue weighted by molar-refractivity contribution is -0.178. The number of nitrogens with one attached hydrogen (secondary N) is 1. The van der Waals surface area contributed by atoms with E-state index in [1.165, 1.54) is 24.3 Å². The van der Waals surface area contributed by atoms with E-state index in [1.807, 2.05) is 0 Å². The average Bonchev–Trinajstić information content (AvgIpc) is 2.77. The van der Waals surface area contributed by atoms with Crippen molar-refractivity contribution >= 4 is 24.2 Å². The van der Waals surface area contributed by atoms with Crippen LogP contribution in [0.2, 0.25) is 18.1 Å². The van der Waals surface area contributed by atoms with Gasteiger partial charge in [-0.1, -0.05) is 26.7 Å². The van der Waals surface area contributed by atoms with Crippen LogP contribution in [0.1, 0.15) is 53.4 Å². The van der Waals surface area contributed by atoms with Gasteiger partial charge in [0.1, 0.15) is 12.4 Å². The molecule has 0 saturated heterocycles. The summed E-state index contributed by atoms with van der Waals surface area (Å²) in [6.07, 6.45) is 2.85. The minimum absolute atomic E-state index is 0.00185. The van der Waals surface area contributed by atoms with E-state index in [4.69, 9.17) is 9.16 Å². The van der Waals surface area contributed by atoms with Crippen LogP contribution in [0.25, 0.3) is 0 Å². The largest absolute Gasteiger partial charge is 0.481 e. The number of hydrogen-bond donors (Lipinski definition) is 2. The Morgan fingerprint density at radius 2 is 1.76 bits per heavy atom. The van der Waals surface area contributed by atoms with Gasteiger partial charge in [0, 0.05) is 6.10 Å². The lowest BCUT2D eigenvalue weighted by Crippen LogP contribution is -2.48. The molecule has 0 aromatic heterocycles. The molecule has 2 rings (SSSR count). The van der Waals surface area contributed by atoms with E-state index in [9.17, 15) is 18.4 Å². The normalized spacial score (nSPS) is 19.1. The molecule has 0 aliphatic heterocycles. The minimum atomic E-state index is -3.91. The first-order chi connectivity index (χ1) is 15.8. The molecule has 1 aliphatic rings. The zero-order chi connectivity index (χ0) is 25.6. The molecule has 2 N–H and O–H groups in total. The molecule has 1 aromatic rings. The molecule has 0 spiro atoms. The maximum Gasteiger partial charge on any atom is 0.261 e. The van der Waals surface area contributed by atoms with Gasteiger partial charge in [-0.05, 0) is 75.0 Å². The summed E-state index contributed by atoms with van der Waals surface area (Å²) in [6, 6.07) is 5.48. The summed E-state index contributed by atoms with van der Waals surface area (Å²) < 4.78 is 39.1. The highest BCUT2D eigenvalue weighted by Crippen LogP contribution is 2.39. The first-order valence-corrected chi connectivity index (χ1v) is 16.0. The average molecular weight is 511 g/mol. The van der Waals surface area contributed by atoms with Crippen LogP contribution in [0, 0.1) is 11.8 Å². The monoisotopic (exact) mass is 510 g/mol. The Morgan fingerprint density at radius 3 is 2.29 bits per heavy atom. The summed E-state index contributed by atoms with van der Waals surface area (Å²) in [5.41, 5.74) is 0. The van der Waals surface area contributed by atoms with Crippen molar-refractivity contribution in [3.63, 3.8) is 0 Å². The topological polar surface area (TPSA) is 105 Å². The van der Waals surface area contributed by atoms with Gasteiger partial charge in [-0.15, -0.1) is 5.92 Å². The highest BCUT2D eigenvalue weighted by molar-refractivity contribution is 7.89. The van der Waals surface area contributed by atoms with Gasteiger partial charge in [0.05, 0.1) is 17.5 Å². The van der Waals surface area contributed by atoms with Crippen LogP contribution >= 0.6 is 0 Å². The van der Waals surface area contributed by atoms with E-state index < -0.39 is 30.8 Å². The molecule has 190 valence electrons. The van der Waals surface area contributed by atoms with Gasteiger partial charge in [0.2, 0.25) is 10.0 Å². The van der Waals surface area contributed by atoms with Crippen molar-refractivity contribution in [3.05, 3.63) is 24.3 Å². The first kappa shape index (κ1) is 28.3. The number of rotatable bonds is 9. The number of carbonyl (C=O) groups is 1. The molecule has 1 saturated carbocycles. The Kier molecular flexibility index (Phi) is 9.74. The number of hydroxylamine groups is 2. The van der Waals surface area contributed by atoms with Gasteiger partial charge in [0.25, 0.3) is 5.91 Å². The minimum Gasteiger partial charge on any atom is -0.481 e. The quantitative estimate of drug-likeness (QED) is 0.226. The van der Waals surface area contributed by atoms with Crippen molar-refractivity contribution in [2.45, 2.75) is 88.6 Å². The number of nitrogens with zero attached hydrogens (tertiary/aromatic N) is 1. The molecule has 1 amide bonds. The van der Waals surface area contributed by atoms with Crippen LogP contribution in [0.15, 0.2) is 29.2 Å². The molecule has 1 aliphatic carbocycles. The van der Waals surface area contributed by atoms with Crippen LogP contribution in [0.4, 0.5) is 0 Å². The van der Waals surface area contributed by atoms with Crippen LogP contribution < -0.4 is 9.46 Å². The fraction of sp³-hybridized carbons (Fsp3) is 0.625. The fourth-order valence-electron chi connectivity index (χ4n) is 3.43. The lowest BCUT2D eigenvalue weighted by Gasteiger charge is -2.42. The molecule has 0 atom stereocenters. The molecule has 1 aromatic carbocycles. The van der Waals surface area contributed by atoms with Crippen molar-refractivity contribution in [1.29, 1.82) is 0 Å². The van der Waals surface area contributed by atoms with Crippen molar-refractivity contribution in [2.24, 2.45) is 0 Å². The first-order valence-electron chi connectivity index (χ1n) is 11.6. The number of sulfonamides is 1. The highest BCUT2D eigenvalue weighted by atomic mass is 32.2. The molecule has 0 radical (unpaired) electrons. The van der Waals surface area contributed by atoms with E-state index in [0.29, 0.717) is 23.7 Å². The van der Waals surface area contributed by atoms with Crippen molar-refractivity contribution in [2.75, 3.05) is 13.2 Å². The molecular weight excluding hydrogens is 472 g/mol. The molecule has 8 nitrogen and oxygen atoms in total. The van der Waals surface area contributed by atoms with Gasteiger partial charge in [-0.2, -0.15) is 0 Å². The summed E-state index contributed by atoms with van der Waals surface area (Å²) in [5, 5.41) is 11.2. The van der Waals surface area contributed by atoms with Crippen LogP contribution in [0.5, 0.6) is 5.75 Å². The van der Waals surface area contributed by atoms with E-state index in [2.05, 4.69) is 50.4 Å². The number of amides is 1. The summed E-state index contributed by atoms with van der Waals surface area (Å²) in [5.74, 6) is 5.27. The molecule has 0 heterocycles. The number of benzene rings is 1. The fourth-order valence-corrected chi connectivity index (χ4v) is 5.83. The third kappa shape index (κ3) is 7.82. The summed E-state index contributed by atoms with van der Waals surface area (Å²) in [6.45, 7) is 12.4. The van der Waals surface area contributed by atoms with Gasteiger partial charge in [-0.25, -0.2) is 18.2 Å². The molecule has 1 fully saturated rings. The lowest BCUT2D eigenvalue weighted by atomic mass is 9.93. The van der Waals surface area contributed by atoms with E-state index in [0.717, 1.165) is 12.8 Å². The molecule has 10 heteroatoms. The zero-order valence-electron chi connectivity index (χ0n) is 21.1. The summed E-state index contributed by atoms with van der Waals surface area (Å²) >= 11 is 0. The second-order valence-electron chi connectivity index (χ2n) is 10.1. The van der Waals surface area contributed by atoms with Crippen molar-refractivity contribution in [1.82, 2.24) is 9.79 Å². The number of ether oxygens (including phenoxy) is 1. The van der Waals surface area contributed by atoms with Gasteiger partial charge in [0.15, 0.2) is 8.32 Å². The van der Waals surface area contributed by atoms with Gasteiger partial charge >= 0.3 is 0 Å². The maximum absolute atomic E-state index is 12.5. The molecule has 34 heavy (non-hydrogen) atoms. The van der Waals surface area contributed by atoms with Crippen LogP contribution in [-0.2, 0) is 19.2 Å². The van der Waals surface area contributed by atoms with Gasteiger partial charge in [-0.3, -0.25) is 10.0 Å². The second kappa shape index (κ2) is 11.7. The predicted octanol–water partition coefficient (Wildman–Crippen LogP) is 3.92. The Bertz CT molecular complexity index is 985. The Morgan fingerprint density at radius 1 is 1.18 bits per heavy atom. The SMILES string of the molecule is CC#CCOc1ccc(S(=O)(=O)NCC(=O)N(O)C2CCC(O[Si](C)(C)C(C)(C)C)CC2)cc1. The molecular formula is C24H38N2O6SSi. The molecule has 0 bridgehead atoms. The summed E-state index contributed by atoms with van der Waals surface area (Å²) in [4.78, 5) is 12.5. The Hall–Kier alpha value is -1.90. The predicted molar refractivity (Wildman–Crippen MR) is 134 cm³/mol.